The van der Waals surface area contributed by atoms with Crippen LogP contribution in [0.25, 0.3) is 5.57 Å². The summed E-state index contributed by atoms with van der Waals surface area (Å²) in [7, 11) is 0. The summed E-state index contributed by atoms with van der Waals surface area (Å²) in [5.41, 5.74) is 6.49. The van der Waals surface area contributed by atoms with E-state index in [1.54, 1.807) is 0 Å². The number of rotatable bonds is 3. The third-order valence-corrected chi connectivity index (χ3v) is 5.82. The quantitative estimate of drug-likeness (QED) is 0.765. The lowest BCUT2D eigenvalue weighted by atomic mass is 10.0. The van der Waals surface area contributed by atoms with E-state index in [1.807, 2.05) is 24.3 Å². The van der Waals surface area contributed by atoms with E-state index in [2.05, 4.69) is 36.1 Å². The van der Waals surface area contributed by atoms with Crippen LogP contribution in [0.3, 0.4) is 0 Å². The van der Waals surface area contributed by atoms with Crippen molar-refractivity contribution in [3.8, 4) is 5.75 Å². The van der Waals surface area contributed by atoms with Gasteiger partial charge in [0.1, 0.15) is 5.75 Å². The van der Waals surface area contributed by atoms with E-state index in [0.29, 0.717) is 11.3 Å². The molecular formula is C24H23NO3. The van der Waals surface area contributed by atoms with Crippen LogP contribution in [0, 0.1) is 6.92 Å². The van der Waals surface area contributed by atoms with Crippen molar-refractivity contribution in [3.05, 3.63) is 82.1 Å². The molecule has 1 aliphatic carbocycles. The van der Waals surface area contributed by atoms with E-state index in [4.69, 9.17) is 9.47 Å². The molecule has 2 aromatic carbocycles. The Bertz CT molecular complexity index is 1010. The molecule has 0 N–H and O–H groups in total. The molecule has 4 heteroatoms. The Hall–Kier alpha value is -2.69. The molecule has 5 rings (SSSR count). The second-order valence-corrected chi connectivity index (χ2v) is 7.59. The Morgan fingerprint density at radius 3 is 2.75 bits per heavy atom. The van der Waals surface area contributed by atoms with Gasteiger partial charge in [-0.1, -0.05) is 36.4 Å². The number of aryl methyl sites for hydroxylation is 1. The summed E-state index contributed by atoms with van der Waals surface area (Å²) in [4.78, 5) is 15.4. The minimum Gasteiger partial charge on any atom is -0.452 e. The predicted octanol–water partition coefficient (Wildman–Crippen LogP) is 3.93. The van der Waals surface area contributed by atoms with Gasteiger partial charge in [-0.3, -0.25) is 9.69 Å². The van der Waals surface area contributed by atoms with Crippen LogP contribution in [0.2, 0.25) is 0 Å². The van der Waals surface area contributed by atoms with Crippen molar-refractivity contribution >= 4 is 11.4 Å². The third-order valence-electron chi connectivity index (χ3n) is 5.82. The first kappa shape index (κ1) is 17.4. The maximum Gasteiger partial charge on any atom is 0.231 e. The first-order valence-electron chi connectivity index (χ1n) is 9.86. The number of carbonyl (C=O) groups excluding carboxylic acids is 1. The van der Waals surface area contributed by atoms with Crippen LogP contribution < -0.4 is 4.74 Å². The number of hydrogen-bond donors (Lipinski definition) is 0. The molecule has 2 aromatic rings. The third kappa shape index (κ3) is 2.99. The zero-order valence-corrected chi connectivity index (χ0v) is 16.0. The van der Waals surface area contributed by atoms with E-state index in [-0.39, 0.29) is 5.78 Å². The van der Waals surface area contributed by atoms with Crippen molar-refractivity contribution < 1.29 is 14.3 Å². The molecule has 2 heterocycles. The molecule has 1 saturated heterocycles. The average molecular weight is 373 g/mol. The van der Waals surface area contributed by atoms with Gasteiger partial charge in [0.25, 0.3) is 0 Å². The van der Waals surface area contributed by atoms with E-state index < -0.39 is 0 Å². The number of ether oxygens (including phenoxy) is 2. The zero-order valence-electron chi connectivity index (χ0n) is 16.0. The van der Waals surface area contributed by atoms with Gasteiger partial charge in [-0.05, 0) is 47.8 Å². The van der Waals surface area contributed by atoms with E-state index in [0.717, 1.165) is 61.7 Å². The normalized spacial score (nSPS) is 20.1. The van der Waals surface area contributed by atoms with Crippen LogP contribution in [0.5, 0.6) is 5.75 Å². The highest BCUT2D eigenvalue weighted by atomic mass is 16.5. The predicted molar refractivity (Wildman–Crippen MR) is 108 cm³/mol. The van der Waals surface area contributed by atoms with Crippen LogP contribution in [-0.2, 0) is 17.7 Å². The highest BCUT2D eigenvalue weighted by molar-refractivity contribution is 6.13. The van der Waals surface area contributed by atoms with Crippen LogP contribution in [0.1, 0.15) is 32.6 Å². The van der Waals surface area contributed by atoms with Crippen molar-refractivity contribution in [2.45, 2.75) is 19.9 Å². The molecule has 2 aliphatic heterocycles. The lowest BCUT2D eigenvalue weighted by Gasteiger charge is -2.27. The molecule has 1 fully saturated rings. The SMILES string of the molecule is Cc1ccc2c(c1CN1CCOCC1)O/C(=C\C1=CCc3ccccc31)C2=O. The molecule has 4 nitrogen and oxygen atoms in total. The van der Waals surface area contributed by atoms with Gasteiger partial charge in [0.2, 0.25) is 5.78 Å². The van der Waals surface area contributed by atoms with Gasteiger partial charge in [0.05, 0.1) is 18.8 Å². The van der Waals surface area contributed by atoms with Gasteiger partial charge >= 0.3 is 0 Å². The van der Waals surface area contributed by atoms with Crippen molar-refractivity contribution in [1.29, 1.82) is 0 Å². The number of Topliss-reactive ketones (excluding diaryl/α,β-unsaturated/α-hetero) is 1. The number of benzene rings is 2. The fourth-order valence-corrected chi connectivity index (χ4v) is 4.17. The molecule has 0 atom stereocenters. The summed E-state index contributed by atoms with van der Waals surface area (Å²) in [5, 5.41) is 0. The fourth-order valence-electron chi connectivity index (χ4n) is 4.17. The fraction of sp³-hybridized carbons (Fsp3) is 0.292. The van der Waals surface area contributed by atoms with Crippen molar-refractivity contribution in [3.63, 3.8) is 0 Å². The summed E-state index contributed by atoms with van der Waals surface area (Å²) in [6.07, 6.45) is 4.97. The van der Waals surface area contributed by atoms with Crippen molar-refractivity contribution in [1.82, 2.24) is 4.90 Å². The van der Waals surface area contributed by atoms with Gasteiger partial charge in [-0.15, -0.1) is 0 Å². The smallest absolute Gasteiger partial charge is 0.231 e. The maximum absolute atomic E-state index is 13.0. The first-order chi connectivity index (χ1) is 13.7. The maximum atomic E-state index is 13.0. The standard InChI is InChI=1S/C24H23NO3/c1-16-6-9-20-23(26)22(14-18-8-7-17-4-2-3-5-19(17)18)28-24(20)21(16)15-25-10-12-27-13-11-25/h2-6,8-9,14H,7,10-13,15H2,1H3/b22-14-. The topological polar surface area (TPSA) is 38.8 Å². The Kier molecular flexibility index (Phi) is 4.38. The highest BCUT2D eigenvalue weighted by Crippen LogP contribution is 2.39. The Morgan fingerprint density at radius 1 is 1.07 bits per heavy atom. The average Bonchev–Trinajstić information content (AvgIpc) is 3.27. The molecular weight excluding hydrogens is 350 g/mol. The molecule has 28 heavy (non-hydrogen) atoms. The van der Waals surface area contributed by atoms with Gasteiger partial charge in [-0.2, -0.15) is 0 Å². The number of morpholine rings is 1. The molecule has 3 aliphatic rings. The molecule has 0 radical (unpaired) electrons. The van der Waals surface area contributed by atoms with Gasteiger partial charge in [0.15, 0.2) is 5.76 Å². The molecule has 0 aromatic heterocycles. The molecule has 0 unspecified atom stereocenters. The van der Waals surface area contributed by atoms with E-state index >= 15 is 0 Å². The van der Waals surface area contributed by atoms with Crippen LogP contribution in [-0.4, -0.2) is 37.0 Å². The van der Waals surface area contributed by atoms with Crippen molar-refractivity contribution in [2.24, 2.45) is 0 Å². The highest BCUT2D eigenvalue weighted by Gasteiger charge is 2.31. The first-order valence-corrected chi connectivity index (χ1v) is 9.86. The van der Waals surface area contributed by atoms with Gasteiger partial charge < -0.3 is 9.47 Å². The molecule has 0 spiro atoms. The number of hydrogen-bond acceptors (Lipinski definition) is 4. The number of allylic oxidation sites excluding steroid dienone is 4. The van der Waals surface area contributed by atoms with Gasteiger partial charge in [0, 0.05) is 25.2 Å². The van der Waals surface area contributed by atoms with E-state index in [1.165, 1.54) is 11.1 Å². The number of nitrogens with zero attached hydrogens (tertiary/aromatic N) is 1. The number of carbonyl (C=O) groups is 1. The summed E-state index contributed by atoms with van der Waals surface area (Å²) in [5.74, 6) is 1.13. The zero-order chi connectivity index (χ0) is 19.1. The van der Waals surface area contributed by atoms with Crippen LogP contribution >= 0.6 is 0 Å². The second-order valence-electron chi connectivity index (χ2n) is 7.59. The monoisotopic (exact) mass is 373 g/mol. The summed E-state index contributed by atoms with van der Waals surface area (Å²) in [6.45, 7) is 6.19. The van der Waals surface area contributed by atoms with Crippen LogP contribution in [0.4, 0.5) is 0 Å². The molecule has 0 bridgehead atoms. The Morgan fingerprint density at radius 2 is 1.89 bits per heavy atom. The summed E-state index contributed by atoms with van der Waals surface area (Å²) < 4.78 is 11.6. The van der Waals surface area contributed by atoms with Gasteiger partial charge in [-0.25, -0.2) is 0 Å². The largest absolute Gasteiger partial charge is 0.452 e. The minimum absolute atomic E-state index is 0.0245. The lowest BCUT2D eigenvalue weighted by molar-refractivity contribution is 0.0338. The summed E-state index contributed by atoms with van der Waals surface area (Å²) >= 11 is 0. The molecule has 0 amide bonds. The summed E-state index contributed by atoms with van der Waals surface area (Å²) in [6, 6.07) is 12.2. The Balaban J connectivity index is 1.46. The molecule has 142 valence electrons. The Labute approximate surface area is 165 Å². The minimum atomic E-state index is -0.0245. The van der Waals surface area contributed by atoms with E-state index in [9.17, 15) is 4.79 Å². The second kappa shape index (κ2) is 7.04. The van der Waals surface area contributed by atoms with Crippen molar-refractivity contribution in [2.75, 3.05) is 26.3 Å². The van der Waals surface area contributed by atoms with Crippen LogP contribution in [0.15, 0.2) is 54.3 Å². The number of ketones is 1. The molecule has 0 saturated carbocycles. The lowest BCUT2D eigenvalue weighted by Crippen LogP contribution is -2.35. The number of fused-ring (bicyclic) bond motifs is 2.